The first kappa shape index (κ1) is 14.2. The van der Waals surface area contributed by atoms with E-state index in [4.69, 9.17) is 4.74 Å². The number of nitrogens with one attached hydrogen (secondary N) is 1. The Labute approximate surface area is 111 Å². The first-order valence-corrected chi connectivity index (χ1v) is 6.39. The highest BCUT2D eigenvalue weighted by Crippen LogP contribution is 2.11. The van der Waals surface area contributed by atoms with Crippen LogP contribution in [0.1, 0.15) is 19.4 Å². The molecule has 0 heterocycles. The van der Waals surface area contributed by atoms with Gasteiger partial charge in [0.05, 0.1) is 7.11 Å². The van der Waals surface area contributed by atoms with Crippen LogP contribution in [0, 0.1) is 5.92 Å². The fourth-order valence-corrected chi connectivity index (χ4v) is 1.81. The number of carbonyl (C=O) groups excluding carboxylic acids is 1. The topological polar surface area (TPSA) is 38.3 Å². The zero-order chi connectivity index (χ0) is 12.8. The van der Waals surface area contributed by atoms with Gasteiger partial charge in [-0.3, -0.25) is 4.79 Å². The van der Waals surface area contributed by atoms with Gasteiger partial charge in [-0.15, -0.1) is 0 Å². The molecule has 0 unspecified atom stereocenters. The summed E-state index contributed by atoms with van der Waals surface area (Å²) in [5.41, 5.74) is 1.14. The normalized spacial score (nSPS) is 12.5. The van der Waals surface area contributed by atoms with Crippen LogP contribution in [-0.2, 0) is 16.1 Å². The summed E-state index contributed by atoms with van der Waals surface area (Å²) >= 11 is 3.39. The molecule has 0 aliphatic carbocycles. The Kier molecular flexibility index (Phi) is 5.65. The highest BCUT2D eigenvalue weighted by atomic mass is 79.9. The fourth-order valence-electron chi connectivity index (χ4n) is 1.55. The summed E-state index contributed by atoms with van der Waals surface area (Å²) in [6, 6.07) is 7.75. The van der Waals surface area contributed by atoms with Crippen molar-refractivity contribution < 1.29 is 9.53 Å². The van der Waals surface area contributed by atoms with Gasteiger partial charge >= 0.3 is 5.97 Å². The summed E-state index contributed by atoms with van der Waals surface area (Å²) in [6.45, 7) is 4.65. The molecule has 0 amide bonds. The molecule has 1 aromatic rings. The molecule has 0 bridgehead atoms. The monoisotopic (exact) mass is 299 g/mol. The Bertz CT molecular complexity index is 362. The van der Waals surface area contributed by atoms with Crippen molar-refractivity contribution >= 4 is 21.9 Å². The SMILES string of the molecule is COC(=O)[C@@H](NCc1ccc(Br)cc1)C(C)C. The number of esters is 1. The van der Waals surface area contributed by atoms with E-state index in [1.807, 2.05) is 38.1 Å². The van der Waals surface area contributed by atoms with Gasteiger partial charge in [-0.2, -0.15) is 0 Å². The van der Waals surface area contributed by atoms with E-state index in [1.165, 1.54) is 7.11 Å². The van der Waals surface area contributed by atoms with E-state index in [2.05, 4.69) is 21.2 Å². The van der Waals surface area contributed by atoms with Crippen molar-refractivity contribution in [3.8, 4) is 0 Å². The van der Waals surface area contributed by atoms with Gasteiger partial charge in [-0.1, -0.05) is 41.9 Å². The predicted octanol–water partition coefficient (Wildman–Crippen LogP) is 2.74. The Morgan fingerprint density at radius 1 is 1.35 bits per heavy atom. The molecule has 0 spiro atoms. The van der Waals surface area contributed by atoms with Crippen molar-refractivity contribution in [1.82, 2.24) is 5.32 Å². The first-order chi connectivity index (χ1) is 8.04. The van der Waals surface area contributed by atoms with Gasteiger partial charge < -0.3 is 10.1 Å². The van der Waals surface area contributed by atoms with Gasteiger partial charge in [0.2, 0.25) is 0 Å². The summed E-state index contributed by atoms with van der Waals surface area (Å²) in [7, 11) is 1.42. The summed E-state index contributed by atoms with van der Waals surface area (Å²) in [6.07, 6.45) is 0. The average molecular weight is 300 g/mol. The summed E-state index contributed by atoms with van der Waals surface area (Å²) in [4.78, 5) is 11.5. The molecular weight excluding hydrogens is 282 g/mol. The van der Waals surface area contributed by atoms with E-state index in [9.17, 15) is 4.79 Å². The Morgan fingerprint density at radius 2 is 1.94 bits per heavy atom. The molecule has 1 aromatic carbocycles. The summed E-state index contributed by atoms with van der Waals surface area (Å²) in [5, 5.41) is 3.22. The highest BCUT2D eigenvalue weighted by Gasteiger charge is 2.21. The Balaban J connectivity index is 2.58. The van der Waals surface area contributed by atoms with Gasteiger partial charge in [0.25, 0.3) is 0 Å². The Morgan fingerprint density at radius 3 is 2.41 bits per heavy atom. The van der Waals surface area contributed by atoms with E-state index in [0.717, 1.165) is 10.0 Å². The fraction of sp³-hybridized carbons (Fsp3) is 0.462. The minimum absolute atomic E-state index is 0.206. The molecular formula is C13H18BrNO2. The van der Waals surface area contributed by atoms with Crippen molar-refractivity contribution in [2.75, 3.05) is 7.11 Å². The number of rotatable bonds is 5. The number of halogens is 1. The number of carbonyl (C=O) groups is 1. The quantitative estimate of drug-likeness (QED) is 0.850. The lowest BCUT2D eigenvalue weighted by Gasteiger charge is -2.19. The molecule has 0 aromatic heterocycles. The van der Waals surface area contributed by atoms with Gasteiger partial charge in [-0.05, 0) is 23.6 Å². The highest BCUT2D eigenvalue weighted by molar-refractivity contribution is 9.10. The maximum Gasteiger partial charge on any atom is 0.323 e. The van der Waals surface area contributed by atoms with Crippen LogP contribution in [-0.4, -0.2) is 19.1 Å². The molecule has 0 saturated carbocycles. The number of methoxy groups -OCH3 is 1. The molecule has 1 N–H and O–H groups in total. The van der Waals surface area contributed by atoms with Crippen LogP contribution in [0.25, 0.3) is 0 Å². The van der Waals surface area contributed by atoms with Crippen molar-refractivity contribution in [2.24, 2.45) is 5.92 Å². The van der Waals surface area contributed by atoms with Crippen LogP contribution in [0.15, 0.2) is 28.7 Å². The predicted molar refractivity (Wildman–Crippen MR) is 71.6 cm³/mol. The second kappa shape index (κ2) is 6.77. The van der Waals surface area contributed by atoms with Crippen LogP contribution < -0.4 is 5.32 Å². The molecule has 0 fully saturated rings. The third-order valence-electron chi connectivity index (χ3n) is 2.56. The van der Waals surface area contributed by atoms with Gasteiger partial charge in [0.1, 0.15) is 6.04 Å². The number of hydrogen-bond donors (Lipinski definition) is 1. The van der Waals surface area contributed by atoms with Crippen LogP contribution in [0.4, 0.5) is 0 Å². The maximum atomic E-state index is 11.5. The lowest BCUT2D eigenvalue weighted by molar-refractivity contribution is -0.144. The molecule has 0 aliphatic heterocycles. The molecule has 17 heavy (non-hydrogen) atoms. The van der Waals surface area contributed by atoms with Crippen LogP contribution in [0.3, 0.4) is 0 Å². The number of ether oxygens (including phenoxy) is 1. The summed E-state index contributed by atoms with van der Waals surface area (Å²) < 4.78 is 5.82. The number of hydrogen-bond acceptors (Lipinski definition) is 3. The largest absolute Gasteiger partial charge is 0.468 e. The smallest absolute Gasteiger partial charge is 0.323 e. The van der Waals surface area contributed by atoms with E-state index in [-0.39, 0.29) is 17.9 Å². The zero-order valence-electron chi connectivity index (χ0n) is 10.4. The third-order valence-corrected chi connectivity index (χ3v) is 3.09. The minimum atomic E-state index is -0.261. The minimum Gasteiger partial charge on any atom is -0.468 e. The molecule has 1 rings (SSSR count). The van der Waals surface area contributed by atoms with E-state index < -0.39 is 0 Å². The van der Waals surface area contributed by atoms with Crippen molar-refractivity contribution in [3.05, 3.63) is 34.3 Å². The van der Waals surface area contributed by atoms with Crippen molar-refractivity contribution in [3.63, 3.8) is 0 Å². The Hall–Kier alpha value is -0.870. The average Bonchev–Trinajstić information content (AvgIpc) is 2.31. The molecule has 0 radical (unpaired) electrons. The lowest BCUT2D eigenvalue weighted by atomic mass is 10.0. The first-order valence-electron chi connectivity index (χ1n) is 5.60. The molecule has 94 valence electrons. The van der Waals surface area contributed by atoms with Crippen molar-refractivity contribution in [1.29, 1.82) is 0 Å². The number of benzene rings is 1. The van der Waals surface area contributed by atoms with E-state index in [1.54, 1.807) is 0 Å². The lowest BCUT2D eigenvalue weighted by Crippen LogP contribution is -2.41. The van der Waals surface area contributed by atoms with Gasteiger partial charge in [0, 0.05) is 11.0 Å². The summed E-state index contributed by atoms with van der Waals surface area (Å²) in [5.74, 6) is -0.00462. The standard InChI is InChI=1S/C13H18BrNO2/c1-9(2)12(13(16)17-3)15-8-10-4-6-11(14)7-5-10/h4-7,9,12,15H,8H2,1-3H3/t12-/m0/s1. The molecule has 0 aliphatic rings. The zero-order valence-corrected chi connectivity index (χ0v) is 12.0. The van der Waals surface area contributed by atoms with Crippen molar-refractivity contribution in [2.45, 2.75) is 26.4 Å². The second-order valence-electron chi connectivity index (χ2n) is 4.25. The van der Waals surface area contributed by atoms with E-state index >= 15 is 0 Å². The molecule has 3 nitrogen and oxygen atoms in total. The van der Waals surface area contributed by atoms with Crippen LogP contribution in [0.5, 0.6) is 0 Å². The van der Waals surface area contributed by atoms with Crippen LogP contribution in [0.2, 0.25) is 0 Å². The third kappa shape index (κ3) is 4.48. The van der Waals surface area contributed by atoms with E-state index in [0.29, 0.717) is 6.54 Å². The molecule has 4 heteroatoms. The molecule has 1 atom stereocenters. The van der Waals surface area contributed by atoms with Crippen LogP contribution >= 0.6 is 15.9 Å². The van der Waals surface area contributed by atoms with Gasteiger partial charge in [0.15, 0.2) is 0 Å². The second-order valence-corrected chi connectivity index (χ2v) is 5.17. The molecule has 0 saturated heterocycles. The maximum absolute atomic E-state index is 11.5. The van der Waals surface area contributed by atoms with Gasteiger partial charge in [-0.25, -0.2) is 0 Å².